The van der Waals surface area contributed by atoms with E-state index in [-0.39, 0.29) is 5.91 Å². The van der Waals surface area contributed by atoms with Crippen LogP contribution in [-0.2, 0) is 6.54 Å². The van der Waals surface area contributed by atoms with E-state index in [1.807, 2.05) is 6.07 Å². The van der Waals surface area contributed by atoms with Crippen LogP contribution in [0, 0.1) is 0 Å². The topological polar surface area (TPSA) is 61.4 Å². The number of anilines is 1. The normalized spacial score (nSPS) is 18.6. The van der Waals surface area contributed by atoms with Crippen LogP contribution in [0.4, 0.5) is 5.82 Å². The van der Waals surface area contributed by atoms with Crippen LogP contribution in [0.2, 0.25) is 0 Å². The van der Waals surface area contributed by atoms with Crippen molar-refractivity contribution in [3.05, 3.63) is 53.7 Å². The van der Waals surface area contributed by atoms with E-state index in [4.69, 9.17) is 0 Å². The Morgan fingerprint density at radius 3 is 2.64 bits per heavy atom. The van der Waals surface area contributed by atoms with Crippen LogP contribution in [0.5, 0.6) is 0 Å². The molecule has 0 spiro atoms. The molecule has 1 aromatic carbocycles. The van der Waals surface area contributed by atoms with E-state index >= 15 is 0 Å². The molecular weight excluding hydrogens is 314 g/mol. The molecule has 2 aromatic rings. The molecule has 0 aliphatic carbocycles. The van der Waals surface area contributed by atoms with Gasteiger partial charge in [0.25, 0.3) is 5.91 Å². The summed E-state index contributed by atoms with van der Waals surface area (Å²) >= 11 is 0. The number of amides is 1. The highest BCUT2D eigenvalue weighted by atomic mass is 16.1. The minimum Gasteiger partial charge on any atom is -0.354 e. The van der Waals surface area contributed by atoms with Gasteiger partial charge < -0.3 is 10.2 Å². The number of hydrogen-bond acceptors (Lipinski definition) is 5. The second-order valence-corrected chi connectivity index (χ2v) is 6.47. The first-order chi connectivity index (χ1) is 12.2. The zero-order valence-electron chi connectivity index (χ0n) is 14.9. The molecule has 0 radical (unpaired) electrons. The Morgan fingerprint density at radius 2 is 1.96 bits per heavy atom. The van der Waals surface area contributed by atoms with Crippen LogP contribution < -0.4 is 10.2 Å². The number of aromatic nitrogens is 2. The van der Waals surface area contributed by atoms with E-state index in [1.54, 1.807) is 13.1 Å². The molecule has 0 saturated carbocycles. The van der Waals surface area contributed by atoms with Gasteiger partial charge in [0.2, 0.25) is 0 Å². The first kappa shape index (κ1) is 17.4. The lowest BCUT2D eigenvalue weighted by Crippen LogP contribution is -2.39. The number of nitrogens with zero attached hydrogens (tertiary/aromatic N) is 4. The van der Waals surface area contributed by atoms with Gasteiger partial charge in [-0.2, -0.15) is 0 Å². The molecule has 1 unspecified atom stereocenters. The molecule has 1 N–H and O–H groups in total. The summed E-state index contributed by atoms with van der Waals surface area (Å²) in [7, 11) is 1.59. The Kier molecular flexibility index (Phi) is 5.60. The van der Waals surface area contributed by atoms with E-state index in [0.717, 1.165) is 38.4 Å². The van der Waals surface area contributed by atoms with Gasteiger partial charge >= 0.3 is 0 Å². The van der Waals surface area contributed by atoms with Gasteiger partial charge in [0.15, 0.2) is 11.5 Å². The summed E-state index contributed by atoms with van der Waals surface area (Å²) in [5.74, 6) is 0.624. The molecule has 1 aliphatic rings. The first-order valence-corrected chi connectivity index (χ1v) is 8.76. The van der Waals surface area contributed by atoms with Crippen LogP contribution in [0.25, 0.3) is 0 Å². The van der Waals surface area contributed by atoms with E-state index in [1.165, 1.54) is 5.56 Å². The van der Waals surface area contributed by atoms with E-state index in [0.29, 0.717) is 11.7 Å². The first-order valence-electron chi connectivity index (χ1n) is 8.76. The third-order valence-corrected chi connectivity index (χ3v) is 4.58. The van der Waals surface area contributed by atoms with Crippen LogP contribution in [0.15, 0.2) is 42.5 Å². The molecule has 25 heavy (non-hydrogen) atoms. The fourth-order valence-corrected chi connectivity index (χ4v) is 3.30. The number of nitrogens with one attached hydrogen (secondary N) is 1. The highest BCUT2D eigenvalue weighted by molar-refractivity contribution is 5.91. The van der Waals surface area contributed by atoms with Crippen molar-refractivity contribution in [2.75, 3.05) is 31.6 Å². The van der Waals surface area contributed by atoms with Crippen LogP contribution in [-0.4, -0.2) is 53.7 Å². The van der Waals surface area contributed by atoms with E-state index in [2.05, 4.69) is 62.6 Å². The Hall–Kier alpha value is -2.47. The van der Waals surface area contributed by atoms with Crippen LogP contribution in [0.1, 0.15) is 29.4 Å². The SMILES string of the molecule is CNC(=O)c1ccc(N2CCCN(Cc3ccccc3)CC2C)nn1. The van der Waals surface area contributed by atoms with Crippen LogP contribution in [0.3, 0.4) is 0 Å². The van der Waals surface area contributed by atoms with Gasteiger partial charge in [-0.1, -0.05) is 30.3 Å². The molecule has 1 aliphatic heterocycles. The summed E-state index contributed by atoms with van der Waals surface area (Å²) in [6.07, 6.45) is 1.08. The maximum atomic E-state index is 11.6. The Balaban J connectivity index is 1.67. The van der Waals surface area contributed by atoms with Gasteiger partial charge in [0, 0.05) is 39.3 Å². The molecule has 132 valence electrons. The average molecular weight is 339 g/mol. The Bertz CT molecular complexity index is 689. The predicted octanol–water partition coefficient (Wildman–Crippen LogP) is 1.94. The molecule has 1 fully saturated rings. The van der Waals surface area contributed by atoms with Gasteiger partial charge in [-0.05, 0) is 31.0 Å². The van der Waals surface area contributed by atoms with Gasteiger partial charge in [-0.25, -0.2) is 0 Å². The monoisotopic (exact) mass is 339 g/mol. The zero-order chi connectivity index (χ0) is 17.6. The van der Waals surface area contributed by atoms with Crippen molar-refractivity contribution >= 4 is 11.7 Å². The van der Waals surface area contributed by atoms with Crippen molar-refractivity contribution in [1.82, 2.24) is 20.4 Å². The Labute approximate surface area is 148 Å². The quantitative estimate of drug-likeness (QED) is 0.922. The molecule has 1 saturated heterocycles. The third-order valence-electron chi connectivity index (χ3n) is 4.58. The smallest absolute Gasteiger partial charge is 0.271 e. The molecule has 1 atom stereocenters. The molecule has 6 heteroatoms. The standard InChI is InChI=1S/C19H25N5O/c1-15-13-23(14-16-7-4-3-5-8-16)11-6-12-24(15)18-10-9-17(21-22-18)19(25)20-2/h3-5,7-10,15H,6,11-14H2,1-2H3,(H,20,25). The predicted molar refractivity (Wildman–Crippen MR) is 98.6 cm³/mol. The molecule has 3 rings (SSSR count). The number of carbonyl (C=O) groups is 1. The molecule has 1 aromatic heterocycles. The highest BCUT2D eigenvalue weighted by Crippen LogP contribution is 2.19. The van der Waals surface area contributed by atoms with Crippen molar-refractivity contribution in [2.45, 2.75) is 25.9 Å². The fourth-order valence-electron chi connectivity index (χ4n) is 3.30. The molecule has 6 nitrogen and oxygen atoms in total. The van der Waals surface area contributed by atoms with E-state index < -0.39 is 0 Å². The van der Waals surface area contributed by atoms with Crippen LogP contribution >= 0.6 is 0 Å². The van der Waals surface area contributed by atoms with Gasteiger partial charge in [0.05, 0.1) is 0 Å². The summed E-state index contributed by atoms with van der Waals surface area (Å²) in [6, 6.07) is 14.6. The van der Waals surface area contributed by atoms with Gasteiger partial charge in [-0.15, -0.1) is 10.2 Å². The second kappa shape index (κ2) is 8.07. The number of hydrogen-bond donors (Lipinski definition) is 1. The lowest BCUT2D eigenvalue weighted by Gasteiger charge is -2.29. The number of benzene rings is 1. The average Bonchev–Trinajstić information content (AvgIpc) is 2.83. The molecular formula is C19H25N5O. The van der Waals surface area contributed by atoms with E-state index in [9.17, 15) is 4.79 Å². The number of carbonyl (C=O) groups excluding carboxylic acids is 1. The van der Waals surface area contributed by atoms with Crippen molar-refractivity contribution < 1.29 is 4.79 Å². The lowest BCUT2D eigenvalue weighted by atomic mass is 10.2. The minimum atomic E-state index is -0.211. The summed E-state index contributed by atoms with van der Waals surface area (Å²) in [6.45, 7) is 6.19. The highest BCUT2D eigenvalue weighted by Gasteiger charge is 2.23. The van der Waals surface area contributed by atoms with Crippen molar-refractivity contribution in [3.63, 3.8) is 0 Å². The maximum absolute atomic E-state index is 11.6. The van der Waals surface area contributed by atoms with Crippen molar-refractivity contribution in [1.29, 1.82) is 0 Å². The zero-order valence-corrected chi connectivity index (χ0v) is 14.9. The summed E-state index contributed by atoms with van der Waals surface area (Å²) in [4.78, 5) is 16.4. The minimum absolute atomic E-state index is 0.211. The van der Waals surface area contributed by atoms with Crippen molar-refractivity contribution in [3.8, 4) is 0 Å². The Morgan fingerprint density at radius 1 is 1.16 bits per heavy atom. The number of rotatable bonds is 4. The maximum Gasteiger partial charge on any atom is 0.271 e. The lowest BCUT2D eigenvalue weighted by molar-refractivity contribution is 0.0957. The molecule has 2 heterocycles. The molecule has 0 bridgehead atoms. The summed E-state index contributed by atoms with van der Waals surface area (Å²) in [5.41, 5.74) is 1.69. The third kappa shape index (κ3) is 4.33. The fraction of sp³-hybridized carbons (Fsp3) is 0.421. The van der Waals surface area contributed by atoms with Crippen molar-refractivity contribution in [2.24, 2.45) is 0 Å². The van der Waals surface area contributed by atoms with Gasteiger partial charge in [0.1, 0.15) is 0 Å². The summed E-state index contributed by atoms with van der Waals surface area (Å²) in [5, 5.41) is 10.9. The largest absolute Gasteiger partial charge is 0.354 e. The molecule has 1 amide bonds. The van der Waals surface area contributed by atoms with Gasteiger partial charge in [-0.3, -0.25) is 9.69 Å². The second-order valence-electron chi connectivity index (χ2n) is 6.47. The summed E-state index contributed by atoms with van der Waals surface area (Å²) < 4.78 is 0.